The molecule has 0 aromatic carbocycles. The number of hydrogen-bond donors (Lipinski definition) is 1. The van der Waals surface area contributed by atoms with Gasteiger partial charge in [-0.3, -0.25) is 19.2 Å². The van der Waals surface area contributed by atoms with Crippen LogP contribution < -0.4 is 5.32 Å². The van der Waals surface area contributed by atoms with Crippen LogP contribution in [0, 0.1) is 0 Å². The summed E-state index contributed by atoms with van der Waals surface area (Å²) >= 11 is 4.96. The normalized spacial score (nSPS) is 27.7. The maximum absolute atomic E-state index is 11.5. The SMILES string of the molecule is CC(=O)OC1OC(NC(C)=S)C(OC(C)=O)C(OC(C)=O)C1OC(C)=O. The molecule has 1 aliphatic rings. The number of hydrogen-bond acceptors (Lipinski definition) is 10. The molecule has 0 bridgehead atoms. The molecule has 1 aliphatic heterocycles. The van der Waals surface area contributed by atoms with Gasteiger partial charge in [0.1, 0.15) is 0 Å². The van der Waals surface area contributed by atoms with E-state index in [1.165, 1.54) is 0 Å². The Morgan fingerprint density at radius 2 is 1.15 bits per heavy atom. The quantitative estimate of drug-likeness (QED) is 0.385. The van der Waals surface area contributed by atoms with E-state index in [9.17, 15) is 19.2 Å². The van der Waals surface area contributed by atoms with E-state index in [0.29, 0.717) is 0 Å². The zero-order valence-electron chi connectivity index (χ0n) is 15.0. The van der Waals surface area contributed by atoms with Crippen molar-refractivity contribution in [2.45, 2.75) is 65.4 Å². The maximum Gasteiger partial charge on any atom is 0.305 e. The molecule has 11 heteroatoms. The summed E-state index contributed by atoms with van der Waals surface area (Å²) in [5.41, 5.74) is 0. The molecule has 1 rings (SSSR count). The highest BCUT2D eigenvalue weighted by Crippen LogP contribution is 2.28. The Balaban J connectivity index is 3.32. The topological polar surface area (TPSA) is 126 Å². The van der Waals surface area contributed by atoms with Crippen LogP contribution in [0.25, 0.3) is 0 Å². The van der Waals surface area contributed by atoms with Crippen LogP contribution in [0.3, 0.4) is 0 Å². The lowest BCUT2D eigenvalue weighted by molar-refractivity contribution is -0.298. The highest BCUT2D eigenvalue weighted by Gasteiger charge is 2.53. The van der Waals surface area contributed by atoms with E-state index < -0.39 is 54.7 Å². The Morgan fingerprint density at radius 1 is 0.731 bits per heavy atom. The minimum absolute atomic E-state index is 0.279. The monoisotopic (exact) mass is 391 g/mol. The highest BCUT2D eigenvalue weighted by molar-refractivity contribution is 7.80. The molecule has 0 amide bonds. The largest absolute Gasteiger partial charge is 0.454 e. The molecule has 0 aromatic heterocycles. The molecule has 1 heterocycles. The molecule has 5 atom stereocenters. The Bertz CT molecular complexity index is 552. The van der Waals surface area contributed by atoms with Crippen molar-refractivity contribution in [2.75, 3.05) is 0 Å². The summed E-state index contributed by atoms with van der Waals surface area (Å²) < 4.78 is 26.1. The van der Waals surface area contributed by atoms with Crippen LogP contribution in [0.2, 0.25) is 0 Å². The predicted molar refractivity (Wildman–Crippen MR) is 88.5 cm³/mol. The Morgan fingerprint density at radius 3 is 1.58 bits per heavy atom. The van der Waals surface area contributed by atoms with Crippen LogP contribution >= 0.6 is 12.2 Å². The van der Waals surface area contributed by atoms with Crippen molar-refractivity contribution in [1.82, 2.24) is 5.32 Å². The first kappa shape index (κ1) is 21.8. The fraction of sp³-hybridized carbons (Fsp3) is 0.667. The van der Waals surface area contributed by atoms with Crippen LogP contribution in [0.5, 0.6) is 0 Å². The zero-order chi connectivity index (χ0) is 20.0. The van der Waals surface area contributed by atoms with Crippen molar-refractivity contribution in [1.29, 1.82) is 0 Å². The van der Waals surface area contributed by atoms with Crippen LogP contribution in [0.1, 0.15) is 34.6 Å². The Kier molecular flexibility index (Phi) is 7.90. The molecule has 0 aliphatic carbocycles. The van der Waals surface area contributed by atoms with Gasteiger partial charge in [-0.2, -0.15) is 0 Å². The van der Waals surface area contributed by atoms with Gasteiger partial charge >= 0.3 is 23.9 Å². The first-order valence-electron chi connectivity index (χ1n) is 7.62. The summed E-state index contributed by atoms with van der Waals surface area (Å²) in [5, 5.41) is 2.73. The minimum atomic E-state index is -1.42. The van der Waals surface area contributed by atoms with Crippen LogP contribution in [-0.4, -0.2) is 59.7 Å². The second kappa shape index (κ2) is 9.43. The molecule has 1 fully saturated rings. The van der Waals surface area contributed by atoms with Crippen LogP contribution in [0.4, 0.5) is 0 Å². The summed E-state index contributed by atoms with van der Waals surface area (Å²) in [4.78, 5) is 46.1. The third-order valence-corrected chi connectivity index (χ3v) is 3.15. The molecule has 0 saturated carbocycles. The average Bonchev–Trinajstić information content (AvgIpc) is 2.44. The van der Waals surface area contributed by atoms with E-state index in [1.807, 2.05) is 0 Å². The fourth-order valence-electron chi connectivity index (χ4n) is 2.35. The minimum Gasteiger partial charge on any atom is -0.454 e. The van der Waals surface area contributed by atoms with Crippen LogP contribution in [0.15, 0.2) is 0 Å². The van der Waals surface area contributed by atoms with E-state index in [2.05, 4.69) is 5.32 Å². The maximum atomic E-state index is 11.5. The Hall–Kier alpha value is -2.27. The molecule has 146 valence electrons. The highest BCUT2D eigenvalue weighted by atomic mass is 32.1. The molecule has 5 unspecified atom stereocenters. The number of esters is 4. The lowest BCUT2D eigenvalue weighted by atomic mass is 10.0. The summed E-state index contributed by atoms with van der Waals surface area (Å²) in [7, 11) is 0. The first-order chi connectivity index (χ1) is 12.0. The standard InChI is InChI=1S/C15H21NO9S/c1-6(26)16-14-12(22-8(3)18)11(21-7(2)17)13(23-9(4)19)15(25-14)24-10(5)20/h11-15H,1-5H3,(H,16,26). The third-order valence-electron chi connectivity index (χ3n) is 3.03. The lowest BCUT2D eigenvalue weighted by Gasteiger charge is -2.43. The molecule has 1 N–H and O–H groups in total. The number of rotatable bonds is 5. The van der Waals surface area contributed by atoms with Crippen LogP contribution in [-0.2, 0) is 42.9 Å². The van der Waals surface area contributed by atoms with E-state index in [1.54, 1.807) is 6.92 Å². The second-order valence-electron chi connectivity index (χ2n) is 5.46. The summed E-state index contributed by atoms with van der Waals surface area (Å²) in [6.45, 7) is 6.05. The molecular weight excluding hydrogens is 370 g/mol. The van der Waals surface area contributed by atoms with Gasteiger partial charge in [0.15, 0.2) is 18.4 Å². The van der Waals surface area contributed by atoms with Gasteiger partial charge in [0.2, 0.25) is 12.4 Å². The number of carbonyl (C=O) groups excluding carboxylic acids is 4. The van der Waals surface area contributed by atoms with Crippen molar-refractivity contribution >= 4 is 41.1 Å². The van der Waals surface area contributed by atoms with Gasteiger partial charge in [0.05, 0.1) is 4.99 Å². The number of thiocarbonyl (C=S) groups is 1. The van der Waals surface area contributed by atoms with Crippen molar-refractivity contribution in [3.8, 4) is 0 Å². The van der Waals surface area contributed by atoms with Crippen molar-refractivity contribution in [2.24, 2.45) is 0 Å². The second-order valence-corrected chi connectivity index (χ2v) is 6.07. The summed E-state index contributed by atoms with van der Waals surface area (Å²) in [6.07, 6.45) is -6.40. The average molecular weight is 391 g/mol. The first-order valence-corrected chi connectivity index (χ1v) is 8.03. The van der Waals surface area contributed by atoms with Gasteiger partial charge in [-0.15, -0.1) is 0 Å². The van der Waals surface area contributed by atoms with Crippen molar-refractivity contribution in [3.63, 3.8) is 0 Å². The zero-order valence-corrected chi connectivity index (χ0v) is 15.8. The number of carbonyl (C=O) groups is 4. The number of nitrogens with one attached hydrogen (secondary N) is 1. The van der Waals surface area contributed by atoms with Gasteiger partial charge in [0, 0.05) is 27.7 Å². The molecule has 1 saturated heterocycles. The van der Waals surface area contributed by atoms with Gasteiger partial charge in [-0.25, -0.2) is 0 Å². The summed E-state index contributed by atoms with van der Waals surface area (Å²) in [5.74, 6) is -2.90. The molecular formula is C15H21NO9S. The van der Waals surface area contributed by atoms with E-state index in [4.69, 9.17) is 35.9 Å². The molecule has 0 aromatic rings. The van der Waals surface area contributed by atoms with E-state index in [0.717, 1.165) is 27.7 Å². The van der Waals surface area contributed by atoms with Gasteiger partial charge in [-0.1, -0.05) is 12.2 Å². The smallest absolute Gasteiger partial charge is 0.305 e. The van der Waals surface area contributed by atoms with E-state index >= 15 is 0 Å². The van der Waals surface area contributed by atoms with Crippen molar-refractivity contribution in [3.05, 3.63) is 0 Å². The number of ether oxygens (including phenoxy) is 5. The summed E-state index contributed by atoms with van der Waals surface area (Å²) in [6, 6.07) is 0. The van der Waals surface area contributed by atoms with Gasteiger partial charge < -0.3 is 29.0 Å². The lowest BCUT2D eigenvalue weighted by Crippen LogP contribution is -2.65. The molecule has 26 heavy (non-hydrogen) atoms. The molecule has 0 spiro atoms. The predicted octanol–water partition coefficient (Wildman–Crippen LogP) is -0.0361. The molecule has 10 nitrogen and oxygen atoms in total. The van der Waals surface area contributed by atoms with Crippen molar-refractivity contribution < 1.29 is 42.9 Å². The molecule has 0 radical (unpaired) electrons. The third kappa shape index (κ3) is 6.56. The van der Waals surface area contributed by atoms with Gasteiger partial charge in [-0.05, 0) is 6.92 Å². The van der Waals surface area contributed by atoms with E-state index in [-0.39, 0.29) is 4.99 Å². The Labute approximate surface area is 155 Å². The fourth-order valence-corrected chi connectivity index (χ4v) is 2.47. The van der Waals surface area contributed by atoms with Gasteiger partial charge in [0.25, 0.3) is 0 Å².